The highest BCUT2D eigenvalue weighted by Crippen LogP contribution is 2.51. The number of fused-ring (bicyclic) bond motifs is 1. The van der Waals surface area contributed by atoms with Gasteiger partial charge in [-0.25, -0.2) is 0 Å². The third-order valence-corrected chi connectivity index (χ3v) is 7.64. The van der Waals surface area contributed by atoms with Gasteiger partial charge in [0.2, 0.25) is 6.79 Å². The maximum Gasteiger partial charge on any atom is 0.231 e. The predicted octanol–water partition coefficient (Wildman–Crippen LogP) is 6.37. The molecule has 1 aromatic heterocycles. The minimum atomic E-state index is -0.402. The Morgan fingerprint density at radius 3 is 2.48 bits per heavy atom. The zero-order chi connectivity index (χ0) is 22.3. The van der Waals surface area contributed by atoms with Crippen LogP contribution in [0.3, 0.4) is 0 Å². The fourth-order valence-electron chi connectivity index (χ4n) is 5.48. The fourth-order valence-corrected chi connectivity index (χ4v) is 5.48. The van der Waals surface area contributed by atoms with E-state index < -0.39 is 5.41 Å². The van der Waals surface area contributed by atoms with E-state index in [2.05, 4.69) is 24.3 Å². The molecule has 2 saturated carbocycles. The smallest absolute Gasteiger partial charge is 0.231 e. The van der Waals surface area contributed by atoms with Crippen LogP contribution in [0.4, 0.5) is 0 Å². The first kappa shape index (κ1) is 20.5. The highest BCUT2D eigenvalue weighted by Gasteiger charge is 2.51. The molecule has 0 amide bonds. The van der Waals surface area contributed by atoms with Crippen LogP contribution in [-0.2, 0) is 16.6 Å². The van der Waals surface area contributed by atoms with Crippen molar-refractivity contribution in [3.63, 3.8) is 0 Å². The van der Waals surface area contributed by atoms with E-state index in [1.54, 1.807) is 0 Å². The molecule has 2 heterocycles. The maximum absolute atomic E-state index is 13.4. The molecule has 4 nitrogen and oxygen atoms in total. The van der Waals surface area contributed by atoms with Crippen LogP contribution < -0.4 is 9.47 Å². The Balaban J connectivity index is 1.18. The van der Waals surface area contributed by atoms with Gasteiger partial charge in [0, 0.05) is 17.7 Å². The summed E-state index contributed by atoms with van der Waals surface area (Å²) in [7, 11) is 0. The second-order valence-corrected chi connectivity index (χ2v) is 9.72. The molecule has 4 heteroatoms. The van der Waals surface area contributed by atoms with Crippen molar-refractivity contribution in [2.24, 2.45) is 0 Å². The predicted molar refractivity (Wildman–Crippen MR) is 128 cm³/mol. The molecule has 0 radical (unpaired) electrons. The lowest BCUT2D eigenvalue weighted by Crippen LogP contribution is -2.23. The van der Waals surface area contributed by atoms with E-state index in [1.165, 1.54) is 37.7 Å². The molecule has 1 aliphatic heterocycles. The van der Waals surface area contributed by atoms with E-state index in [9.17, 15) is 4.79 Å². The summed E-state index contributed by atoms with van der Waals surface area (Å²) >= 11 is 0. The van der Waals surface area contributed by atoms with Gasteiger partial charge in [0.05, 0.1) is 11.1 Å². The van der Waals surface area contributed by atoms with Crippen LogP contribution in [0.1, 0.15) is 67.7 Å². The van der Waals surface area contributed by atoms with Gasteiger partial charge < -0.3 is 9.47 Å². The number of pyridine rings is 1. The topological polar surface area (TPSA) is 48.4 Å². The molecular weight excluding hydrogens is 410 g/mol. The van der Waals surface area contributed by atoms with Gasteiger partial charge in [-0.05, 0) is 67.0 Å². The van der Waals surface area contributed by atoms with Crippen molar-refractivity contribution in [3.8, 4) is 22.8 Å². The second-order valence-electron chi connectivity index (χ2n) is 9.72. The molecule has 168 valence electrons. The molecule has 0 unspecified atom stereocenters. The summed E-state index contributed by atoms with van der Waals surface area (Å²) in [5, 5.41) is 0. The van der Waals surface area contributed by atoms with E-state index in [4.69, 9.17) is 14.5 Å². The number of hydrogen-bond acceptors (Lipinski definition) is 4. The van der Waals surface area contributed by atoms with E-state index in [0.29, 0.717) is 12.3 Å². The molecule has 33 heavy (non-hydrogen) atoms. The minimum absolute atomic E-state index is 0.235. The van der Waals surface area contributed by atoms with Crippen molar-refractivity contribution in [2.75, 3.05) is 6.79 Å². The first-order valence-electron chi connectivity index (χ1n) is 12.2. The SMILES string of the molecule is O=C(Cc1cccc(-c2ccc(C3CCCCC3)cc2)n1)C1(c2ccc3c(c2)OCO3)CC1. The summed E-state index contributed by atoms with van der Waals surface area (Å²) in [5.41, 5.74) is 4.96. The number of nitrogens with zero attached hydrogens (tertiary/aromatic N) is 1. The average Bonchev–Trinajstić information content (AvgIpc) is 3.56. The monoisotopic (exact) mass is 439 g/mol. The summed E-state index contributed by atoms with van der Waals surface area (Å²) in [5.74, 6) is 2.43. The van der Waals surface area contributed by atoms with Gasteiger partial charge in [-0.15, -0.1) is 0 Å². The molecule has 2 aliphatic carbocycles. The number of carbonyl (C=O) groups is 1. The number of benzene rings is 2. The van der Waals surface area contributed by atoms with Gasteiger partial charge in [-0.3, -0.25) is 9.78 Å². The van der Waals surface area contributed by atoms with Gasteiger partial charge >= 0.3 is 0 Å². The van der Waals surface area contributed by atoms with Crippen LogP contribution in [0.25, 0.3) is 11.3 Å². The fraction of sp³-hybridized carbons (Fsp3) is 0.379. The van der Waals surface area contributed by atoms with Crippen molar-refractivity contribution in [1.82, 2.24) is 4.98 Å². The lowest BCUT2D eigenvalue weighted by molar-refractivity contribution is -0.120. The molecule has 6 rings (SSSR count). The van der Waals surface area contributed by atoms with Gasteiger partial charge in [0.25, 0.3) is 0 Å². The Kier molecular flexibility index (Phi) is 5.17. The Morgan fingerprint density at radius 1 is 0.909 bits per heavy atom. The maximum atomic E-state index is 13.4. The average molecular weight is 440 g/mol. The van der Waals surface area contributed by atoms with E-state index in [0.717, 1.165) is 46.9 Å². The number of carbonyl (C=O) groups excluding carboxylic acids is 1. The summed E-state index contributed by atoms with van der Waals surface area (Å²) in [6.45, 7) is 0.248. The molecule has 2 aromatic carbocycles. The highest BCUT2D eigenvalue weighted by molar-refractivity contribution is 5.94. The van der Waals surface area contributed by atoms with Crippen molar-refractivity contribution < 1.29 is 14.3 Å². The summed E-state index contributed by atoms with van der Waals surface area (Å²) in [6.07, 6.45) is 8.79. The summed E-state index contributed by atoms with van der Waals surface area (Å²) < 4.78 is 10.9. The van der Waals surface area contributed by atoms with Crippen molar-refractivity contribution in [2.45, 2.75) is 62.7 Å². The molecule has 0 atom stereocenters. The minimum Gasteiger partial charge on any atom is -0.454 e. The molecule has 3 aromatic rings. The molecule has 0 bridgehead atoms. The first-order valence-corrected chi connectivity index (χ1v) is 12.2. The number of rotatable bonds is 6. The number of Topliss-reactive ketones (excluding diaryl/α,β-unsaturated/α-hetero) is 1. The Bertz CT molecular complexity index is 1170. The van der Waals surface area contributed by atoms with Crippen LogP contribution in [0.5, 0.6) is 11.5 Å². The normalized spacial score (nSPS) is 18.8. The highest BCUT2D eigenvalue weighted by atomic mass is 16.7. The number of ether oxygens (including phenoxy) is 2. The van der Waals surface area contributed by atoms with E-state index in [1.807, 2.05) is 36.4 Å². The lowest BCUT2D eigenvalue weighted by Gasteiger charge is -2.22. The van der Waals surface area contributed by atoms with Gasteiger partial charge in [-0.2, -0.15) is 0 Å². The summed E-state index contributed by atoms with van der Waals surface area (Å²) in [6, 6.07) is 20.8. The van der Waals surface area contributed by atoms with Crippen LogP contribution in [0.15, 0.2) is 60.7 Å². The van der Waals surface area contributed by atoms with Crippen LogP contribution in [0, 0.1) is 0 Å². The Hall–Kier alpha value is -3.14. The van der Waals surface area contributed by atoms with Gasteiger partial charge in [0.15, 0.2) is 11.5 Å². The molecular formula is C29H29NO3. The second kappa shape index (κ2) is 8.33. The van der Waals surface area contributed by atoms with Gasteiger partial charge in [-0.1, -0.05) is 55.7 Å². The molecule has 3 aliphatic rings. The van der Waals surface area contributed by atoms with E-state index >= 15 is 0 Å². The third-order valence-electron chi connectivity index (χ3n) is 7.64. The third kappa shape index (κ3) is 3.92. The van der Waals surface area contributed by atoms with Crippen molar-refractivity contribution >= 4 is 5.78 Å². The zero-order valence-corrected chi connectivity index (χ0v) is 18.9. The largest absolute Gasteiger partial charge is 0.454 e. The van der Waals surface area contributed by atoms with Gasteiger partial charge in [0.1, 0.15) is 5.78 Å². The molecule has 0 saturated heterocycles. The van der Waals surface area contributed by atoms with Crippen LogP contribution in [0.2, 0.25) is 0 Å². The number of ketones is 1. The molecule has 0 N–H and O–H groups in total. The zero-order valence-electron chi connectivity index (χ0n) is 18.9. The van der Waals surface area contributed by atoms with E-state index in [-0.39, 0.29) is 12.6 Å². The standard InChI is InChI=1S/C29H29NO3/c31-28(29(15-16-29)23-13-14-26-27(17-23)33-19-32-26)18-24-7-4-8-25(30-24)22-11-9-21(10-12-22)20-5-2-1-3-6-20/h4,7-14,17,20H,1-3,5-6,15-16,18-19H2. The Labute approximate surface area is 195 Å². The quantitative estimate of drug-likeness (QED) is 0.448. The van der Waals surface area contributed by atoms with Crippen molar-refractivity contribution in [1.29, 1.82) is 0 Å². The summed E-state index contributed by atoms with van der Waals surface area (Å²) in [4.78, 5) is 18.2. The molecule has 0 spiro atoms. The number of aromatic nitrogens is 1. The molecule has 2 fully saturated rings. The van der Waals surface area contributed by atoms with Crippen molar-refractivity contribution in [3.05, 3.63) is 77.5 Å². The number of hydrogen-bond donors (Lipinski definition) is 0. The Morgan fingerprint density at radius 2 is 1.70 bits per heavy atom. The lowest BCUT2D eigenvalue weighted by atomic mass is 9.84. The first-order chi connectivity index (χ1) is 16.2. The van der Waals surface area contributed by atoms with Crippen LogP contribution >= 0.6 is 0 Å². The van der Waals surface area contributed by atoms with Crippen LogP contribution in [-0.4, -0.2) is 17.6 Å².